The first kappa shape index (κ1) is 19.7. The maximum atomic E-state index is 12.6. The van der Waals surface area contributed by atoms with Crippen molar-refractivity contribution in [2.24, 2.45) is 7.05 Å². The molecule has 29 heavy (non-hydrogen) atoms. The highest BCUT2D eigenvalue weighted by Crippen LogP contribution is 2.29. The van der Waals surface area contributed by atoms with Crippen LogP contribution in [0, 0.1) is 10.1 Å². The Bertz CT molecular complexity index is 1080. The van der Waals surface area contributed by atoms with Gasteiger partial charge in [0.25, 0.3) is 5.69 Å². The number of rotatable bonds is 7. The molecule has 150 valence electrons. The maximum Gasteiger partial charge on any atom is 0.293 e. The molecule has 0 atom stereocenters. The zero-order valence-electron chi connectivity index (χ0n) is 16.1. The van der Waals surface area contributed by atoms with E-state index in [1.165, 1.54) is 40.2 Å². The van der Waals surface area contributed by atoms with Gasteiger partial charge >= 0.3 is 0 Å². The first-order valence-corrected chi connectivity index (χ1v) is 8.56. The van der Waals surface area contributed by atoms with Crippen LogP contribution in [0.25, 0.3) is 0 Å². The average Bonchev–Trinajstić information content (AvgIpc) is 3.30. The lowest BCUT2D eigenvalue weighted by atomic mass is 10.1. The molecule has 0 aliphatic carbocycles. The van der Waals surface area contributed by atoms with Crippen LogP contribution in [0.1, 0.15) is 16.2 Å². The highest BCUT2D eigenvalue weighted by atomic mass is 16.6. The molecule has 1 aromatic carbocycles. The van der Waals surface area contributed by atoms with Crippen LogP contribution in [0.15, 0.2) is 43.0 Å². The molecular weight excluding hydrogens is 378 g/mol. The molecule has 0 saturated heterocycles. The quantitative estimate of drug-likeness (QED) is 0.364. The van der Waals surface area contributed by atoms with E-state index >= 15 is 0 Å². The minimum Gasteiger partial charge on any atom is -0.347 e. The number of ketones is 1. The van der Waals surface area contributed by atoms with Crippen molar-refractivity contribution >= 4 is 28.8 Å². The van der Waals surface area contributed by atoms with Gasteiger partial charge in [-0.2, -0.15) is 5.10 Å². The van der Waals surface area contributed by atoms with Crippen LogP contribution in [0.3, 0.4) is 0 Å². The van der Waals surface area contributed by atoms with E-state index in [1.54, 1.807) is 38.1 Å². The van der Waals surface area contributed by atoms with Crippen LogP contribution in [0.2, 0.25) is 0 Å². The zero-order chi connectivity index (χ0) is 21.1. The third-order valence-electron chi connectivity index (χ3n) is 4.19. The summed E-state index contributed by atoms with van der Waals surface area (Å²) in [5.74, 6) is -0.364. The molecule has 0 fully saturated rings. The molecule has 0 bridgehead atoms. The summed E-state index contributed by atoms with van der Waals surface area (Å²) < 4.78 is 2.97. The highest BCUT2D eigenvalue weighted by molar-refractivity contribution is 6.07. The van der Waals surface area contributed by atoms with Crippen molar-refractivity contribution in [3.63, 3.8) is 0 Å². The Morgan fingerprint density at radius 1 is 1.31 bits per heavy atom. The molecule has 0 aliphatic rings. The second-order valence-corrected chi connectivity index (χ2v) is 6.52. The van der Waals surface area contributed by atoms with Crippen molar-refractivity contribution in [3.8, 4) is 0 Å². The molecule has 0 aliphatic heterocycles. The number of hydrogen-bond donors (Lipinski definition) is 1. The second kappa shape index (κ2) is 7.92. The monoisotopic (exact) mass is 397 g/mol. The lowest BCUT2D eigenvalue weighted by molar-refractivity contribution is -0.383. The smallest absolute Gasteiger partial charge is 0.293 e. The second-order valence-electron chi connectivity index (χ2n) is 6.52. The Balaban J connectivity index is 1.84. The fourth-order valence-corrected chi connectivity index (χ4v) is 2.59. The Morgan fingerprint density at radius 2 is 2.07 bits per heavy atom. The lowest BCUT2D eigenvalue weighted by Crippen LogP contribution is -2.26. The molecule has 3 rings (SSSR count). The number of aromatic nitrogens is 4. The van der Waals surface area contributed by atoms with E-state index in [0.717, 1.165) is 0 Å². The predicted molar refractivity (Wildman–Crippen MR) is 104 cm³/mol. The normalized spacial score (nSPS) is 10.6. The van der Waals surface area contributed by atoms with Crippen molar-refractivity contribution in [1.82, 2.24) is 24.2 Å². The number of anilines is 2. The van der Waals surface area contributed by atoms with Crippen LogP contribution in [-0.4, -0.2) is 54.9 Å². The average molecular weight is 397 g/mol. The van der Waals surface area contributed by atoms with E-state index in [-0.39, 0.29) is 35.2 Å². The number of nitro benzene ring substituents is 1. The number of likely N-dealkylation sites (N-methyl/N-ethyl adjacent to an activating group) is 1. The molecule has 0 unspecified atom stereocenters. The van der Waals surface area contributed by atoms with Crippen molar-refractivity contribution in [1.29, 1.82) is 0 Å². The van der Waals surface area contributed by atoms with Crippen molar-refractivity contribution in [2.75, 3.05) is 19.4 Å². The van der Waals surface area contributed by atoms with Gasteiger partial charge in [0.15, 0.2) is 5.82 Å². The number of hydrogen-bond acceptors (Lipinski definition) is 7. The number of benzene rings is 1. The minimum atomic E-state index is -0.572. The van der Waals surface area contributed by atoms with E-state index in [4.69, 9.17) is 0 Å². The summed E-state index contributed by atoms with van der Waals surface area (Å²) in [7, 11) is 4.95. The Labute approximate surface area is 165 Å². The Hall–Kier alpha value is -4.02. The van der Waals surface area contributed by atoms with Gasteiger partial charge in [0.2, 0.25) is 11.7 Å². The number of nitrogens with one attached hydrogen (secondary N) is 1. The van der Waals surface area contributed by atoms with E-state index in [2.05, 4.69) is 15.4 Å². The lowest BCUT2D eigenvalue weighted by Gasteiger charge is -2.09. The summed E-state index contributed by atoms with van der Waals surface area (Å²) in [6, 6.07) is 4.16. The van der Waals surface area contributed by atoms with Crippen LogP contribution in [0.4, 0.5) is 17.1 Å². The topological polar surface area (TPSA) is 128 Å². The fraction of sp³-hybridized carbons (Fsp3) is 0.222. The van der Waals surface area contributed by atoms with Crippen molar-refractivity contribution in [2.45, 2.75) is 6.54 Å². The number of nitro groups is 1. The maximum absolute atomic E-state index is 12.6. The Morgan fingerprint density at radius 3 is 2.69 bits per heavy atom. The molecule has 3 aromatic rings. The number of carbonyl (C=O) groups excluding carboxylic acids is 2. The summed E-state index contributed by atoms with van der Waals surface area (Å²) in [5.41, 5.74) is 0.568. The number of amides is 1. The molecule has 0 spiro atoms. The van der Waals surface area contributed by atoms with Gasteiger partial charge in [0.1, 0.15) is 12.2 Å². The summed E-state index contributed by atoms with van der Waals surface area (Å²) >= 11 is 0. The van der Waals surface area contributed by atoms with E-state index in [9.17, 15) is 19.7 Å². The molecule has 2 heterocycles. The van der Waals surface area contributed by atoms with Gasteiger partial charge in [-0.25, -0.2) is 4.98 Å². The first-order valence-electron chi connectivity index (χ1n) is 8.56. The number of nitrogens with zero attached hydrogens (tertiary/aromatic N) is 6. The zero-order valence-corrected chi connectivity index (χ0v) is 16.1. The highest BCUT2D eigenvalue weighted by Gasteiger charge is 2.21. The first-order chi connectivity index (χ1) is 13.8. The SMILES string of the molecule is CN(C)C(=O)Cn1cc(Nc2ccc(C(=O)c3nccn3C)cc2[N+](=O)[O-])cn1. The molecule has 0 radical (unpaired) electrons. The molecule has 2 aromatic heterocycles. The van der Waals surface area contributed by atoms with Gasteiger partial charge in [0, 0.05) is 51.4 Å². The molecular formula is C18H19N7O4. The number of aryl methyl sites for hydroxylation is 1. The summed E-state index contributed by atoms with van der Waals surface area (Å²) in [6.07, 6.45) is 6.13. The van der Waals surface area contributed by atoms with Crippen LogP contribution in [-0.2, 0) is 18.4 Å². The van der Waals surface area contributed by atoms with Crippen LogP contribution >= 0.6 is 0 Å². The summed E-state index contributed by atoms with van der Waals surface area (Å²) in [5, 5.41) is 18.5. The van der Waals surface area contributed by atoms with Crippen molar-refractivity contribution in [3.05, 3.63) is 64.5 Å². The molecule has 0 saturated carbocycles. The van der Waals surface area contributed by atoms with E-state index in [0.29, 0.717) is 5.69 Å². The van der Waals surface area contributed by atoms with Crippen LogP contribution < -0.4 is 5.32 Å². The van der Waals surface area contributed by atoms with Crippen molar-refractivity contribution < 1.29 is 14.5 Å². The largest absolute Gasteiger partial charge is 0.347 e. The Kier molecular flexibility index (Phi) is 5.39. The van der Waals surface area contributed by atoms with Gasteiger partial charge in [-0.05, 0) is 12.1 Å². The third-order valence-corrected chi connectivity index (χ3v) is 4.19. The molecule has 1 amide bonds. The molecule has 11 nitrogen and oxygen atoms in total. The van der Waals surface area contributed by atoms with Gasteiger partial charge in [-0.15, -0.1) is 0 Å². The van der Waals surface area contributed by atoms with Gasteiger partial charge in [-0.3, -0.25) is 24.4 Å². The fourth-order valence-electron chi connectivity index (χ4n) is 2.59. The van der Waals surface area contributed by atoms with Gasteiger partial charge < -0.3 is 14.8 Å². The van der Waals surface area contributed by atoms with Crippen LogP contribution in [0.5, 0.6) is 0 Å². The number of carbonyl (C=O) groups is 2. The predicted octanol–water partition coefficient (Wildman–Crippen LogP) is 1.59. The van der Waals surface area contributed by atoms with E-state index in [1.807, 2.05) is 0 Å². The van der Waals surface area contributed by atoms with Gasteiger partial charge in [0.05, 0.1) is 16.8 Å². The molecule has 11 heteroatoms. The minimum absolute atomic E-state index is 0.0495. The standard InChI is InChI=1S/C18H19N7O4/c1-22(2)16(26)11-24-10-13(9-20-24)21-14-5-4-12(8-15(14)25(28)29)17(27)18-19-6-7-23(18)3/h4-10,21H,11H2,1-3H3. The van der Waals surface area contributed by atoms with E-state index < -0.39 is 10.7 Å². The molecule has 1 N–H and O–H groups in total. The number of imidazole rings is 1. The summed E-state index contributed by atoms with van der Waals surface area (Å²) in [4.78, 5) is 40.7. The van der Waals surface area contributed by atoms with Gasteiger partial charge in [-0.1, -0.05) is 0 Å². The summed E-state index contributed by atoms with van der Waals surface area (Å²) in [6.45, 7) is 0.0495. The third kappa shape index (κ3) is 4.29.